The molecule has 2 aliphatic rings. The van der Waals surface area contributed by atoms with E-state index in [1.54, 1.807) is 0 Å². The predicted molar refractivity (Wildman–Crippen MR) is 76.2 cm³/mol. The summed E-state index contributed by atoms with van der Waals surface area (Å²) in [6.45, 7) is 0. The smallest absolute Gasteiger partial charge is 0.415 e. The first-order chi connectivity index (χ1) is 11.4. The molecule has 1 saturated heterocycles. The van der Waals surface area contributed by atoms with Crippen molar-refractivity contribution in [1.29, 1.82) is 0 Å². The number of imide groups is 1. The van der Waals surface area contributed by atoms with Gasteiger partial charge in [-0.25, -0.2) is 13.6 Å². The molecule has 0 saturated carbocycles. The molecule has 1 atom stereocenters. The van der Waals surface area contributed by atoms with Gasteiger partial charge in [0.1, 0.15) is 11.6 Å². The lowest BCUT2D eigenvalue weighted by Crippen LogP contribution is -2.45. The van der Waals surface area contributed by atoms with E-state index < -0.39 is 35.1 Å². The first-order valence-corrected chi connectivity index (χ1v) is 6.88. The van der Waals surface area contributed by atoms with Crippen LogP contribution in [0.4, 0.5) is 25.0 Å². The van der Waals surface area contributed by atoms with Gasteiger partial charge in [0.2, 0.25) is 0 Å². The lowest BCUT2D eigenvalue weighted by molar-refractivity contribution is -0.144. The molecular weight excluding hydrogens is 322 g/mol. The number of fused-ring (bicyclic) bond motifs is 2. The van der Waals surface area contributed by atoms with Crippen LogP contribution in [-0.4, -0.2) is 17.9 Å². The third-order valence-electron chi connectivity index (χ3n) is 3.95. The average Bonchev–Trinajstić information content (AvgIpc) is 2.97. The number of carbonyl (C=O) groups is 3. The van der Waals surface area contributed by atoms with Crippen molar-refractivity contribution in [3.05, 3.63) is 59.7 Å². The van der Waals surface area contributed by atoms with Gasteiger partial charge in [-0.05, 0) is 42.5 Å². The molecular formula is C16H8F2N2O4. The minimum absolute atomic E-state index is 0.0832. The lowest BCUT2D eigenvalue weighted by atomic mass is 9.95. The Bertz CT molecular complexity index is 913. The predicted octanol–water partition coefficient (Wildman–Crippen LogP) is 2.10. The third kappa shape index (κ3) is 1.70. The second kappa shape index (κ2) is 4.60. The van der Waals surface area contributed by atoms with Crippen LogP contribution >= 0.6 is 0 Å². The number of carbonyl (C=O) groups excluding carboxylic acids is 3. The molecule has 2 aliphatic heterocycles. The molecule has 1 N–H and O–H groups in total. The summed E-state index contributed by atoms with van der Waals surface area (Å²) in [5.41, 5.74) is -1.93. The van der Waals surface area contributed by atoms with Gasteiger partial charge in [0.05, 0.1) is 5.69 Å². The molecule has 0 radical (unpaired) electrons. The third-order valence-corrected chi connectivity index (χ3v) is 3.95. The van der Waals surface area contributed by atoms with Crippen LogP contribution in [0.5, 0.6) is 0 Å². The van der Waals surface area contributed by atoms with E-state index in [9.17, 15) is 23.2 Å². The van der Waals surface area contributed by atoms with Crippen molar-refractivity contribution < 1.29 is 27.9 Å². The Hall–Kier alpha value is -3.29. The molecule has 1 spiro atoms. The van der Waals surface area contributed by atoms with Crippen LogP contribution in [0.3, 0.4) is 0 Å². The van der Waals surface area contributed by atoms with Crippen LogP contribution < -0.4 is 10.2 Å². The van der Waals surface area contributed by atoms with E-state index in [4.69, 9.17) is 4.74 Å². The highest BCUT2D eigenvalue weighted by Crippen LogP contribution is 2.48. The van der Waals surface area contributed by atoms with Crippen LogP contribution in [0, 0.1) is 11.6 Å². The number of nitrogens with zero attached hydrogens (tertiary/aromatic N) is 1. The van der Waals surface area contributed by atoms with Gasteiger partial charge in [-0.15, -0.1) is 0 Å². The molecule has 0 aromatic heterocycles. The first-order valence-electron chi connectivity index (χ1n) is 6.88. The van der Waals surface area contributed by atoms with Crippen molar-refractivity contribution in [1.82, 2.24) is 5.32 Å². The van der Waals surface area contributed by atoms with Gasteiger partial charge in [-0.3, -0.25) is 19.8 Å². The van der Waals surface area contributed by atoms with Crippen LogP contribution in [0.2, 0.25) is 0 Å². The monoisotopic (exact) mass is 330 g/mol. The number of hydrogen-bond acceptors (Lipinski definition) is 4. The van der Waals surface area contributed by atoms with E-state index in [0.29, 0.717) is 0 Å². The highest BCUT2D eigenvalue weighted by atomic mass is 19.1. The Balaban J connectivity index is 1.96. The molecule has 8 heteroatoms. The topological polar surface area (TPSA) is 75.7 Å². The highest BCUT2D eigenvalue weighted by Gasteiger charge is 2.64. The fourth-order valence-corrected chi connectivity index (χ4v) is 2.92. The number of halogens is 2. The summed E-state index contributed by atoms with van der Waals surface area (Å²) >= 11 is 0. The fraction of sp³-hybridized carbons (Fsp3) is 0.0625. The Kier molecular flexibility index (Phi) is 2.75. The van der Waals surface area contributed by atoms with Gasteiger partial charge in [0.25, 0.3) is 17.4 Å². The Morgan fingerprint density at radius 1 is 0.958 bits per heavy atom. The molecule has 1 fully saturated rings. The number of rotatable bonds is 1. The van der Waals surface area contributed by atoms with Crippen molar-refractivity contribution in [2.45, 2.75) is 5.60 Å². The number of nitrogens with one attached hydrogen (secondary N) is 1. The SMILES string of the molecule is O=C1NC(=O)C2(O1)C(=O)N(c1ccc(F)cc1)c1ccc(F)cc12. The van der Waals surface area contributed by atoms with Gasteiger partial charge in [0.15, 0.2) is 0 Å². The van der Waals surface area contributed by atoms with E-state index in [2.05, 4.69) is 0 Å². The molecule has 6 nitrogen and oxygen atoms in total. The molecule has 0 bridgehead atoms. The standard InChI is InChI=1S/C16H8F2N2O4/c17-8-1-4-10(5-2-8)20-12-6-3-9(18)7-11(12)16(14(20)22)13(21)19-15(23)24-16/h1-7H,(H,19,21,23). The van der Waals surface area contributed by atoms with E-state index in [0.717, 1.165) is 29.2 Å². The van der Waals surface area contributed by atoms with Crippen molar-refractivity contribution in [2.75, 3.05) is 4.90 Å². The zero-order valence-corrected chi connectivity index (χ0v) is 11.9. The van der Waals surface area contributed by atoms with Gasteiger partial charge >= 0.3 is 6.09 Å². The Labute approximate surface area is 133 Å². The molecule has 3 amide bonds. The van der Waals surface area contributed by atoms with E-state index in [1.165, 1.54) is 18.2 Å². The maximum atomic E-state index is 13.7. The molecule has 120 valence electrons. The summed E-state index contributed by atoms with van der Waals surface area (Å²) in [6, 6.07) is 8.29. The second-order valence-corrected chi connectivity index (χ2v) is 5.30. The van der Waals surface area contributed by atoms with Crippen molar-refractivity contribution >= 4 is 29.3 Å². The first kappa shape index (κ1) is 14.3. The van der Waals surface area contributed by atoms with E-state index >= 15 is 0 Å². The summed E-state index contributed by atoms with van der Waals surface area (Å²) in [5.74, 6) is -3.07. The minimum atomic E-state index is -2.27. The normalized spacial score (nSPS) is 21.9. The van der Waals surface area contributed by atoms with Crippen LogP contribution in [0.25, 0.3) is 0 Å². The van der Waals surface area contributed by atoms with Gasteiger partial charge in [-0.2, -0.15) is 0 Å². The summed E-state index contributed by atoms with van der Waals surface area (Å²) < 4.78 is 31.8. The van der Waals surface area contributed by atoms with Crippen LogP contribution in [0.15, 0.2) is 42.5 Å². The summed E-state index contributed by atoms with van der Waals surface area (Å²) in [7, 11) is 0. The quantitative estimate of drug-likeness (QED) is 0.813. The molecule has 2 heterocycles. The molecule has 4 rings (SSSR count). The molecule has 1 unspecified atom stereocenters. The van der Waals surface area contributed by atoms with Gasteiger partial charge < -0.3 is 4.74 Å². The van der Waals surface area contributed by atoms with Crippen LogP contribution in [0.1, 0.15) is 5.56 Å². The van der Waals surface area contributed by atoms with Gasteiger partial charge in [-0.1, -0.05) is 0 Å². The summed E-state index contributed by atoms with van der Waals surface area (Å²) in [4.78, 5) is 37.7. The second-order valence-electron chi connectivity index (χ2n) is 5.30. The summed E-state index contributed by atoms with van der Waals surface area (Å²) in [6.07, 6.45) is -1.09. The largest absolute Gasteiger partial charge is 0.417 e. The Morgan fingerprint density at radius 2 is 1.62 bits per heavy atom. The van der Waals surface area contributed by atoms with Crippen molar-refractivity contribution in [3.8, 4) is 0 Å². The molecule has 2 aromatic carbocycles. The van der Waals surface area contributed by atoms with Crippen molar-refractivity contribution in [3.63, 3.8) is 0 Å². The Morgan fingerprint density at radius 3 is 2.25 bits per heavy atom. The molecule has 0 aliphatic carbocycles. The highest BCUT2D eigenvalue weighted by molar-refractivity contribution is 6.27. The number of amides is 3. The van der Waals surface area contributed by atoms with Crippen LogP contribution in [-0.2, 0) is 19.9 Å². The number of anilines is 2. The number of benzene rings is 2. The molecule has 24 heavy (non-hydrogen) atoms. The van der Waals surface area contributed by atoms with E-state index in [1.807, 2.05) is 5.32 Å². The zero-order valence-electron chi connectivity index (χ0n) is 11.9. The maximum absolute atomic E-state index is 13.7. The van der Waals surface area contributed by atoms with E-state index in [-0.39, 0.29) is 16.9 Å². The van der Waals surface area contributed by atoms with Crippen molar-refractivity contribution in [2.24, 2.45) is 0 Å². The molecule has 2 aromatic rings. The average molecular weight is 330 g/mol. The minimum Gasteiger partial charge on any atom is -0.417 e. The maximum Gasteiger partial charge on any atom is 0.415 e. The number of alkyl carbamates (subject to hydrolysis) is 1. The lowest BCUT2D eigenvalue weighted by Gasteiger charge is -2.20. The summed E-state index contributed by atoms with van der Waals surface area (Å²) in [5, 5.41) is 1.89. The van der Waals surface area contributed by atoms with Gasteiger partial charge in [0, 0.05) is 11.3 Å². The number of ether oxygens (including phenoxy) is 1. The fourth-order valence-electron chi connectivity index (χ4n) is 2.92. The zero-order chi connectivity index (χ0) is 17.1. The number of hydrogen-bond donors (Lipinski definition) is 1.